The van der Waals surface area contributed by atoms with E-state index in [1.165, 1.54) is 11.3 Å². The summed E-state index contributed by atoms with van der Waals surface area (Å²) in [5.74, 6) is 0.110. The fraction of sp³-hybridized carbons (Fsp3) is 0.571. The van der Waals surface area contributed by atoms with E-state index in [4.69, 9.17) is 9.47 Å². The van der Waals surface area contributed by atoms with E-state index in [0.29, 0.717) is 64.3 Å². The summed E-state index contributed by atoms with van der Waals surface area (Å²) in [5.41, 5.74) is 3.63. The number of ether oxygens (including phenoxy) is 2. The molecule has 1 aliphatic heterocycles. The summed E-state index contributed by atoms with van der Waals surface area (Å²) >= 11 is 3.03. The highest BCUT2D eigenvalue weighted by molar-refractivity contribution is 7.09. The minimum Gasteiger partial charge on any atom is -0.444 e. The highest BCUT2D eigenvalue weighted by atomic mass is 32.1. The number of aromatic nitrogens is 2. The van der Waals surface area contributed by atoms with Gasteiger partial charge in [-0.05, 0) is 37.7 Å². The van der Waals surface area contributed by atoms with Gasteiger partial charge in [0.25, 0.3) is 0 Å². The zero-order valence-electron chi connectivity index (χ0n) is 29.1. The molecular weight excluding hydrogens is 663 g/mol. The Hall–Kier alpha value is -3.59. The maximum atomic E-state index is 13.8. The molecule has 268 valence electrons. The van der Waals surface area contributed by atoms with Crippen molar-refractivity contribution in [1.82, 2.24) is 35.7 Å². The van der Waals surface area contributed by atoms with Crippen molar-refractivity contribution in [2.45, 2.75) is 90.1 Å². The average molecular weight is 714 g/mol. The van der Waals surface area contributed by atoms with Crippen LogP contribution in [0.4, 0.5) is 9.59 Å². The van der Waals surface area contributed by atoms with Crippen LogP contribution in [0, 0.1) is 0 Å². The van der Waals surface area contributed by atoms with E-state index in [1.807, 2.05) is 42.6 Å². The number of nitrogens with zero attached hydrogens (tertiary/aromatic N) is 4. The zero-order valence-corrected chi connectivity index (χ0v) is 30.7. The molecule has 0 saturated carbocycles. The van der Waals surface area contributed by atoms with Crippen LogP contribution in [0.1, 0.15) is 73.5 Å². The van der Waals surface area contributed by atoms with Crippen molar-refractivity contribution in [1.29, 1.82) is 0 Å². The van der Waals surface area contributed by atoms with Gasteiger partial charge in [0.2, 0.25) is 5.91 Å². The monoisotopic (exact) mass is 713 g/mol. The number of carbonyl (C=O) groups excluding carboxylic acids is 3. The van der Waals surface area contributed by atoms with Crippen LogP contribution < -0.4 is 16.0 Å². The van der Waals surface area contributed by atoms with Crippen LogP contribution in [0.15, 0.2) is 47.4 Å². The first-order chi connectivity index (χ1) is 23.7. The molecule has 49 heavy (non-hydrogen) atoms. The summed E-state index contributed by atoms with van der Waals surface area (Å²) < 4.78 is 10.9. The molecule has 3 heterocycles. The molecule has 3 atom stereocenters. The summed E-state index contributed by atoms with van der Waals surface area (Å²) in [6, 6.07) is 8.61. The number of benzene rings is 1. The Balaban J connectivity index is 1.36. The molecule has 2 aromatic heterocycles. The fourth-order valence-corrected chi connectivity index (χ4v) is 6.84. The Morgan fingerprint density at radius 2 is 1.78 bits per heavy atom. The van der Waals surface area contributed by atoms with Gasteiger partial charge in [0.05, 0.1) is 40.8 Å². The molecule has 0 bridgehead atoms. The van der Waals surface area contributed by atoms with E-state index < -0.39 is 12.1 Å². The van der Waals surface area contributed by atoms with Gasteiger partial charge in [-0.3, -0.25) is 14.7 Å². The summed E-state index contributed by atoms with van der Waals surface area (Å²) in [6.45, 7) is 10.3. The Bertz CT molecular complexity index is 1420. The lowest BCUT2D eigenvalue weighted by Gasteiger charge is -2.30. The predicted octanol–water partition coefficient (Wildman–Crippen LogP) is 5.17. The molecule has 4 rings (SSSR count). The van der Waals surface area contributed by atoms with Crippen LogP contribution in [0.3, 0.4) is 0 Å². The molecule has 1 fully saturated rings. The third-order valence-corrected chi connectivity index (χ3v) is 10.4. The van der Waals surface area contributed by atoms with Crippen LogP contribution in [-0.2, 0) is 33.8 Å². The number of morpholine rings is 1. The smallest absolute Gasteiger partial charge is 0.407 e. The van der Waals surface area contributed by atoms with Crippen molar-refractivity contribution < 1.29 is 23.9 Å². The van der Waals surface area contributed by atoms with E-state index in [1.54, 1.807) is 35.0 Å². The number of urea groups is 1. The Kier molecular flexibility index (Phi) is 15.7. The third-order valence-electron chi connectivity index (χ3n) is 8.44. The van der Waals surface area contributed by atoms with Crippen LogP contribution in [0.2, 0.25) is 0 Å². The van der Waals surface area contributed by atoms with Crippen molar-refractivity contribution >= 4 is 40.7 Å². The minimum absolute atomic E-state index is 0.147. The second-order valence-corrected chi connectivity index (χ2v) is 14.6. The van der Waals surface area contributed by atoms with Gasteiger partial charge in [0, 0.05) is 56.3 Å². The summed E-state index contributed by atoms with van der Waals surface area (Å²) in [6.07, 6.45) is 4.27. The molecule has 0 unspecified atom stereocenters. The Morgan fingerprint density at radius 3 is 2.45 bits per heavy atom. The van der Waals surface area contributed by atoms with Crippen molar-refractivity contribution in [3.8, 4) is 0 Å². The summed E-state index contributed by atoms with van der Waals surface area (Å²) in [4.78, 5) is 53.3. The molecule has 4 amide bonds. The summed E-state index contributed by atoms with van der Waals surface area (Å²) in [7, 11) is 1.72. The second kappa shape index (κ2) is 20.2. The van der Waals surface area contributed by atoms with E-state index in [0.717, 1.165) is 34.2 Å². The SMILES string of the molecule is CC[C@@H](CC[C@H](Cc1ccccc1)NC(=O)OCc1cncs1)NC(=O)[C@H](CCN1CCOCC1)NC(=O)N(C)Cc1csc(C(C)C)n1. The van der Waals surface area contributed by atoms with Gasteiger partial charge in [-0.25, -0.2) is 14.6 Å². The van der Waals surface area contributed by atoms with Gasteiger partial charge >= 0.3 is 12.1 Å². The third kappa shape index (κ3) is 13.3. The first kappa shape index (κ1) is 38.2. The predicted molar refractivity (Wildman–Crippen MR) is 193 cm³/mol. The lowest BCUT2D eigenvalue weighted by atomic mass is 9.98. The van der Waals surface area contributed by atoms with Crippen LogP contribution in [0.25, 0.3) is 0 Å². The number of thiazole rings is 2. The maximum Gasteiger partial charge on any atom is 0.407 e. The van der Waals surface area contributed by atoms with Gasteiger partial charge in [-0.15, -0.1) is 22.7 Å². The summed E-state index contributed by atoms with van der Waals surface area (Å²) in [5, 5.41) is 12.3. The van der Waals surface area contributed by atoms with E-state index in [9.17, 15) is 14.4 Å². The number of rotatable bonds is 18. The van der Waals surface area contributed by atoms with Crippen molar-refractivity contribution in [2.24, 2.45) is 0 Å². The first-order valence-corrected chi connectivity index (χ1v) is 18.9. The highest BCUT2D eigenvalue weighted by Crippen LogP contribution is 2.20. The second-order valence-electron chi connectivity index (χ2n) is 12.7. The molecule has 0 spiro atoms. The molecule has 3 aromatic rings. The van der Waals surface area contributed by atoms with Crippen molar-refractivity contribution in [3.05, 3.63) is 68.6 Å². The Morgan fingerprint density at radius 1 is 1.02 bits per heavy atom. The number of hydrogen-bond acceptors (Lipinski definition) is 10. The van der Waals surface area contributed by atoms with Crippen molar-refractivity contribution in [3.63, 3.8) is 0 Å². The standard InChI is InChI=1S/C35H51N7O5S2/c1-5-27(11-12-28(19-26-9-7-6-8-10-26)39-35(45)47-22-30-20-36-24-49-30)37-32(43)31(13-14-42-15-17-46-18-16-42)40-34(44)41(4)21-29-23-48-33(38-29)25(2)3/h6-10,20,23-25,27-28,31H,5,11-19,21-22H2,1-4H3,(H,37,43)(H,39,45)(H,40,44)/t27-,28+,31-/m0/s1. The molecule has 3 N–H and O–H groups in total. The molecule has 0 radical (unpaired) electrons. The topological polar surface area (TPSA) is 138 Å². The van der Waals surface area contributed by atoms with Gasteiger partial charge in [-0.1, -0.05) is 51.1 Å². The molecule has 1 aromatic carbocycles. The van der Waals surface area contributed by atoms with Gasteiger partial charge in [0.15, 0.2) is 0 Å². The number of nitrogens with one attached hydrogen (secondary N) is 3. The molecule has 12 nitrogen and oxygen atoms in total. The van der Waals surface area contributed by atoms with Crippen molar-refractivity contribution in [2.75, 3.05) is 39.9 Å². The molecule has 1 saturated heterocycles. The van der Waals surface area contributed by atoms with E-state index in [-0.39, 0.29) is 30.6 Å². The highest BCUT2D eigenvalue weighted by Gasteiger charge is 2.26. The van der Waals surface area contributed by atoms with Gasteiger partial charge < -0.3 is 30.3 Å². The maximum absolute atomic E-state index is 13.8. The lowest BCUT2D eigenvalue weighted by Crippen LogP contribution is -2.53. The normalized spacial score (nSPS) is 15.3. The average Bonchev–Trinajstić information content (AvgIpc) is 3.81. The molecule has 14 heteroatoms. The largest absolute Gasteiger partial charge is 0.444 e. The molecule has 0 aliphatic carbocycles. The minimum atomic E-state index is -0.714. The Labute approximate surface area is 298 Å². The van der Waals surface area contributed by atoms with Crippen LogP contribution in [-0.4, -0.2) is 95.8 Å². The lowest BCUT2D eigenvalue weighted by molar-refractivity contribution is -0.124. The van der Waals surface area contributed by atoms with E-state index >= 15 is 0 Å². The molecule has 1 aliphatic rings. The van der Waals surface area contributed by atoms with Gasteiger partial charge in [-0.2, -0.15) is 0 Å². The number of hydrogen-bond donors (Lipinski definition) is 3. The number of amides is 4. The number of alkyl carbamates (subject to hydrolysis) is 1. The first-order valence-electron chi connectivity index (χ1n) is 17.1. The quantitative estimate of drug-likeness (QED) is 0.164. The fourth-order valence-electron chi connectivity index (χ4n) is 5.50. The zero-order chi connectivity index (χ0) is 35.0. The van der Waals surface area contributed by atoms with Crippen LogP contribution in [0.5, 0.6) is 0 Å². The number of carbonyl (C=O) groups is 3. The molecular formula is C35H51N7O5S2. The van der Waals surface area contributed by atoms with E-state index in [2.05, 4.69) is 44.7 Å². The van der Waals surface area contributed by atoms with Crippen LogP contribution >= 0.6 is 22.7 Å². The van der Waals surface area contributed by atoms with Gasteiger partial charge in [0.1, 0.15) is 12.6 Å².